The van der Waals surface area contributed by atoms with Gasteiger partial charge in [-0.3, -0.25) is 9.59 Å². The molecule has 33 heavy (non-hydrogen) atoms. The van der Waals surface area contributed by atoms with Crippen LogP contribution >= 0.6 is 0 Å². The summed E-state index contributed by atoms with van der Waals surface area (Å²) >= 11 is 0. The Hall–Kier alpha value is -4.46. The number of anilines is 2. The fourth-order valence-electron chi connectivity index (χ4n) is 4.46. The third-order valence-electron chi connectivity index (χ3n) is 5.94. The van der Waals surface area contributed by atoms with Gasteiger partial charge in [-0.25, -0.2) is 4.68 Å². The van der Waals surface area contributed by atoms with Crippen molar-refractivity contribution < 1.29 is 9.53 Å². The summed E-state index contributed by atoms with van der Waals surface area (Å²) in [4.78, 5) is 31.0. The van der Waals surface area contributed by atoms with Gasteiger partial charge in [-0.1, -0.05) is 30.3 Å². The minimum absolute atomic E-state index is 0.152. The van der Waals surface area contributed by atoms with E-state index in [0.717, 1.165) is 0 Å². The molecule has 4 aromatic rings. The molecule has 0 saturated carbocycles. The van der Waals surface area contributed by atoms with Crippen molar-refractivity contribution in [3.8, 4) is 28.4 Å². The van der Waals surface area contributed by atoms with Crippen LogP contribution in [0.3, 0.4) is 0 Å². The lowest BCUT2D eigenvalue weighted by Crippen LogP contribution is -2.53. The Balaban J connectivity index is 1.63. The summed E-state index contributed by atoms with van der Waals surface area (Å²) in [6.07, 6.45) is 0. The molecule has 1 atom stereocenters. The van der Waals surface area contributed by atoms with Crippen LogP contribution < -0.4 is 20.9 Å². The molecular formula is C25H19N5O3. The highest BCUT2D eigenvalue weighted by molar-refractivity contribution is 6.09. The Labute approximate surface area is 188 Å². The van der Waals surface area contributed by atoms with E-state index in [9.17, 15) is 9.59 Å². The summed E-state index contributed by atoms with van der Waals surface area (Å²) in [5, 5.41) is 11.0. The largest absolute Gasteiger partial charge is 0.494 e. The number of aromatic nitrogens is 3. The van der Waals surface area contributed by atoms with Crippen LogP contribution in [0.2, 0.25) is 0 Å². The van der Waals surface area contributed by atoms with Crippen LogP contribution in [0, 0.1) is 0 Å². The number of carbonyl (C=O) groups excluding carboxylic acids is 1. The zero-order valence-corrected chi connectivity index (χ0v) is 17.7. The fraction of sp³-hybridized carbons (Fsp3) is 0.120. The van der Waals surface area contributed by atoms with Crippen molar-refractivity contribution in [2.24, 2.45) is 0 Å². The van der Waals surface area contributed by atoms with E-state index in [-0.39, 0.29) is 11.6 Å². The first-order valence-corrected chi connectivity index (χ1v) is 10.7. The van der Waals surface area contributed by atoms with Crippen LogP contribution in [-0.4, -0.2) is 27.3 Å². The normalized spacial score (nSPS) is 17.5. The molecule has 1 amide bonds. The average molecular weight is 437 g/mol. The molecule has 2 N–H and O–H groups in total. The molecule has 3 heterocycles. The third kappa shape index (κ3) is 2.70. The summed E-state index contributed by atoms with van der Waals surface area (Å²) in [7, 11) is 0. The van der Waals surface area contributed by atoms with E-state index in [2.05, 4.69) is 15.6 Å². The number of benzene rings is 3. The van der Waals surface area contributed by atoms with Crippen LogP contribution in [0.15, 0.2) is 77.6 Å². The Morgan fingerprint density at radius 3 is 2.45 bits per heavy atom. The molecule has 0 bridgehead atoms. The zero-order chi connectivity index (χ0) is 22.6. The molecule has 0 fully saturated rings. The quantitative estimate of drug-likeness (QED) is 0.510. The third-order valence-corrected chi connectivity index (χ3v) is 5.94. The van der Waals surface area contributed by atoms with Crippen LogP contribution in [0.5, 0.6) is 5.75 Å². The van der Waals surface area contributed by atoms with Crippen molar-refractivity contribution in [3.63, 3.8) is 0 Å². The predicted octanol–water partition coefficient (Wildman–Crippen LogP) is 3.45. The summed E-state index contributed by atoms with van der Waals surface area (Å²) in [5.41, 5.74) is 1.69. The maximum Gasteiger partial charge on any atom is 0.300 e. The molecule has 8 heteroatoms. The summed E-state index contributed by atoms with van der Waals surface area (Å²) in [6, 6.07) is 22.0. The van der Waals surface area contributed by atoms with Gasteiger partial charge in [0.25, 0.3) is 11.5 Å². The number of hydrogen-bond acceptors (Lipinski definition) is 6. The highest BCUT2D eigenvalue weighted by atomic mass is 16.5. The predicted molar refractivity (Wildman–Crippen MR) is 124 cm³/mol. The molecule has 162 valence electrons. The average Bonchev–Trinajstić information content (AvgIpc) is 3.11. The van der Waals surface area contributed by atoms with Gasteiger partial charge in [0, 0.05) is 28.1 Å². The van der Waals surface area contributed by atoms with Gasteiger partial charge in [0.1, 0.15) is 5.75 Å². The topological polar surface area (TPSA) is 98.1 Å². The fourth-order valence-corrected chi connectivity index (χ4v) is 4.46. The molecule has 3 aromatic carbocycles. The van der Waals surface area contributed by atoms with Gasteiger partial charge >= 0.3 is 0 Å². The second-order valence-electron chi connectivity index (χ2n) is 7.84. The number of nitrogens with one attached hydrogen (secondary N) is 2. The molecule has 1 aromatic heterocycles. The summed E-state index contributed by atoms with van der Waals surface area (Å²) < 4.78 is 7.03. The van der Waals surface area contributed by atoms with E-state index in [4.69, 9.17) is 9.84 Å². The molecule has 0 saturated heterocycles. The summed E-state index contributed by atoms with van der Waals surface area (Å²) in [5.74, 6) is 0.731. The maximum absolute atomic E-state index is 13.5. The first-order chi connectivity index (χ1) is 16.1. The van der Waals surface area contributed by atoms with E-state index in [1.165, 1.54) is 4.68 Å². The lowest BCUT2D eigenvalue weighted by molar-refractivity contribution is -0.121. The Morgan fingerprint density at radius 2 is 1.67 bits per heavy atom. The van der Waals surface area contributed by atoms with Crippen molar-refractivity contribution in [2.45, 2.75) is 12.6 Å². The van der Waals surface area contributed by atoms with Gasteiger partial charge in [0.15, 0.2) is 11.5 Å². The molecular weight excluding hydrogens is 418 g/mol. The van der Waals surface area contributed by atoms with Gasteiger partial charge in [-0.2, -0.15) is 10.1 Å². The lowest BCUT2D eigenvalue weighted by atomic mass is 9.96. The van der Waals surface area contributed by atoms with Crippen molar-refractivity contribution in [1.29, 1.82) is 0 Å². The van der Waals surface area contributed by atoms with Gasteiger partial charge in [-0.05, 0) is 49.4 Å². The molecule has 8 nitrogen and oxygen atoms in total. The first-order valence-electron chi connectivity index (χ1n) is 10.7. The highest BCUT2D eigenvalue weighted by Crippen LogP contribution is 2.45. The van der Waals surface area contributed by atoms with E-state index in [1.54, 1.807) is 24.3 Å². The van der Waals surface area contributed by atoms with E-state index in [1.807, 2.05) is 55.5 Å². The molecule has 2 aliphatic heterocycles. The van der Waals surface area contributed by atoms with Crippen molar-refractivity contribution in [1.82, 2.24) is 14.8 Å². The lowest BCUT2D eigenvalue weighted by Gasteiger charge is -2.37. The number of nitrogens with zero attached hydrogens (tertiary/aromatic N) is 3. The van der Waals surface area contributed by atoms with Crippen LogP contribution in [0.4, 0.5) is 11.4 Å². The number of ether oxygens (including phenoxy) is 1. The van der Waals surface area contributed by atoms with Gasteiger partial charge in [0.2, 0.25) is 5.66 Å². The number of fused-ring (bicyclic) bond motifs is 6. The summed E-state index contributed by atoms with van der Waals surface area (Å²) in [6.45, 7) is 2.45. The van der Waals surface area contributed by atoms with Gasteiger partial charge in [-0.15, -0.1) is 0 Å². The van der Waals surface area contributed by atoms with Crippen LogP contribution in [0.25, 0.3) is 22.6 Å². The van der Waals surface area contributed by atoms with Crippen LogP contribution in [-0.2, 0) is 10.5 Å². The van der Waals surface area contributed by atoms with Crippen LogP contribution in [0.1, 0.15) is 12.5 Å². The highest BCUT2D eigenvalue weighted by Gasteiger charge is 2.53. The minimum atomic E-state index is -1.37. The number of rotatable bonds is 3. The van der Waals surface area contributed by atoms with Gasteiger partial charge in [0.05, 0.1) is 6.61 Å². The van der Waals surface area contributed by atoms with E-state index >= 15 is 0 Å². The number of hydrogen-bond donors (Lipinski definition) is 2. The Morgan fingerprint density at radius 1 is 0.939 bits per heavy atom. The monoisotopic (exact) mass is 437 g/mol. The van der Waals surface area contributed by atoms with E-state index in [0.29, 0.717) is 46.2 Å². The second-order valence-corrected chi connectivity index (χ2v) is 7.84. The van der Waals surface area contributed by atoms with Gasteiger partial charge < -0.3 is 15.4 Å². The molecule has 6 rings (SSSR count). The Bertz CT molecular complexity index is 1480. The number of amides is 1. The Kier molecular flexibility index (Phi) is 4.10. The molecule has 0 unspecified atom stereocenters. The second kappa shape index (κ2) is 7.03. The molecule has 2 aliphatic rings. The molecule has 0 radical (unpaired) electrons. The molecule has 0 aliphatic carbocycles. The standard InChI is InChI=1S/C25H19N5O3/c1-2-33-16-13-11-15(12-14-16)21-23(31)27-22-17-7-3-5-9-19(17)28-25(30(22)29-21)18-8-4-6-10-20(18)26-24(25)32/h3-14,28H,2H2,1H3,(H,26,32)/t25-/m0/s1. The number of carbonyl (C=O) groups is 1. The molecule has 1 spiro atoms. The number of para-hydroxylation sites is 2. The maximum atomic E-state index is 13.5. The van der Waals surface area contributed by atoms with Crippen molar-refractivity contribution in [3.05, 3.63) is 88.7 Å². The minimum Gasteiger partial charge on any atom is -0.494 e. The first kappa shape index (κ1) is 19.2. The van der Waals surface area contributed by atoms with E-state index < -0.39 is 11.2 Å². The smallest absolute Gasteiger partial charge is 0.300 e. The van der Waals surface area contributed by atoms with Crippen molar-refractivity contribution >= 4 is 17.3 Å². The van der Waals surface area contributed by atoms with Crippen molar-refractivity contribution in [2.75, 3.05) is 17.2 Å². The SMILES string of the molecule is CCOc1ccc(-c2nn3c(nc2=O)-c2ccccc2N[C@]32C(=O)Nc3ccccc32)cc1. The zero-order valence-electron chi connectivity index (χ0n) is 17.7.